The molecule has 1 N–H and O–H groups in total. The fraction of sp³-hybridized carbons (Fsp3) is 0.846. The lowest BCUT2D eigenvalue weighted by Gasteiger charge is -2.38. The SMILES string of the molecule is CC1CCN(C(=O)N2CCC(C(=O)O)C2)C(C)C1. The molecular weight excluding hydrogens is 232 g/mol. The third-order valence-corrected chi connectivity index (χ3v) is 4.19. The van der Waals surface area contributed by atoms with Crippen molar-refractivity contribution in [2.45, 2.75) is 39.2 Å². The van der Waals surface area contributed by atoms with Gasteiger partial charge in [0.25, 0.3) is 0 Å². The molecule has 2 heterocycles. The molecule has 5 heteroatoms. The molecule has 3 unspecified atom stereocenters. The highest BCUT2D eigenvalue weighted by Crippen LogP contribution is 2.25. The zero-order valence-electron chi connectivity index (χ0n) is 11.1. The zero-order chi connectivity index (χ0) is 13.3. The van der Waals surface area contributed by atoms with Gasteiger partial charge in [0, 0.05) is 25.7 Å². The Bertz CT molecular complexity index is 345. The molecule has 0 saturated carbocycles. The van der Waals surface area contributed by atoms with Gasteiger partial charge in [0.05, 0.1) is 5.92 Å². The number of nitrogens with zero attached hydrogens (tertiary/aromatic N) is 2. The van der Waals surface area contributed by atoms with E-state index in [1.807, 2.05) is 4.90 Å². The number of rotatable bonds is 1. The molecule has 2 amide bonds. The molecule has 0 aromatic rings. The van der Waals surface area contributed by atoms with E-state index in [0.717, 1.165) is 19.4 Å². The van der Waals surface area contributed by atoms with Crippen LogP contribution in [-0.4, -0.2) is 52.6 Å². The van der Waals surface area contributed by atoms with Crippen molar-refractivity contribution in [2.75, 3.05) is 19.6 Å². The van der Waals surface area contributed by atoms with E-state index >= 15 is 0 Å². The van der Waals surface area contributed by atoms with Crippen LogP contribution in [0.5, 0.6) is 0 Å². The molecular formula is C13H22N2O3. The van der Waals surface area contributed by atoms with E-state index in [9.17, 15) is 9.59 Å². The second-order valence-electron chi connectivity index (χ2n) is 5.72. The molecule has 0 radical (unpaired) electrons. The van der Waals surface area contributed by atoms with Gasteiger partial charge in [-0.25, -0.2) is 4.79 Å². The third kappa shape index (κ3) is 2.60. The van der Waals surface area contributed by atoms with E-state index in [0.29, 0.717) is 25.4 Å². The molecule has 2 fully saturated rings. The Morgan fingerprint density at radius 1 is 1.17 bits per heavy atom. The Labute approximate surface area is 108 Å². The fourth-order valence-electron chi connectivity index (χ4n) is 3.01. The maximum absolute atomic E-state index is 12.3. The first kappa shape index (κ1) is 13.2. The van der Waals surface area contributed by atoms with Crippen LogP contribution in [0, 0.1) is 11.8 Å². The topological polar surface area (TPSA) is 60.9 Å². The van der Waals surface area contributed by atoms with Gasteiger partial charge < -0.3 is 14.9 Å². The van der Waals surface area contributed by atoms with Gasteiger partial charge in [0.2, 0.25) is 0 Å². The van der Waals surface area contributed by atoms with Crippen LogP contribution in [0.3, 0.4) is 0 Å². The highest BCUT2D eigenvalue weighted by atomic mass is 16.4. The van der Waals surface area contributed by atoms with Gasteiger partial charge in [-0.05, 0) is 32.1 Å². The minimum Gasteiger partial charge on any atom is -0.481 e. The molecule has 2 rings (SSSR count). The first-order valence-corrected chi connectivity index (χ1v) is 6.77. The van der Waals surface area contributed by atoms with Crippen molar-refractivity contribution < 1.29 is 14.7 Å². The molecule has 5 nitrogen and oxygen atoms in total. The second kappa shape index (κ2) is 5.16. The van der Waals surface area contributed by atoms with Gasteiger partial charge in [-0.1, -0.05) is 6.92 Å². The number of urea groups is 1. The number of carbonyl (C=O) groups excluding carboxylic acids is 1. The number of carbonyl (C=O) groups is 2. The van der Waals surface area contributed by atoms with Gasteiger partial charge in [-0.15, -0.1) is 0 Å². The highest BCUT2D eigenvalue weighted by Gasteiger charge is 2.35. The normalized spacial score (nSPS) is 32.7. The van der Waals surface area contributed by atoms with Crippen LogP contribution in [-0.2, 0) is 4.79 Å². The van der Waals surface area contributed by atoms with Crippen molar-refractivity contribution in [3.05, 3.63) is 0 Å². The van der Waals surface area contributed by atoms with E-state index in [-0.39, 0.29) is 18.0 Å². The predicted octanol–water partition coefficient (Wildman–Crippen LogP) is 1.63. The standard InChI is InChI=1S/C13H22N2O3/c1-9-3-6-15(10(2)7-9)13(18)14-5-4-11(8-14)12(16)17/h9-11H,3-8H2,1-2H3,(H,16,17). The number of aliphatic carboxylic acids is 1. The van der Waals surface area contributed by atoms with Gasteiger partial charge in [-0.3, -0.25) is 4.79 Å². The Morgan fingerprint density at radius 3 is 2.44 bits per heavy atom. The molecule has 2 aliphatic rings. The highest BCUT2D eigenvalue weighted by molar-refractivity contribution is 5.77. The quantitative estimate of drug-likeness (QED) is 0.773. The fourth-order valence-corrected chi connectivity index (χ4v) is 3.01. The van der Waals surface area contributed by atoms with E-state index in [4.69, 9.17) is 5.11 Å². The average Bonchev–Trinajstić information content (AvgIpc) is 2.77. The molecule has 0 bridgehead atoms. The summed E-state index contributed by atoms with van der Waals surface area (Å²) in [6.45, 7) is 6.05. The molecule has 18 heavy (non-hydrogen) atoms. The van der Waals surface area contributed by atoms with Crippen molar-refractivity contribution in [1.82, 2.24) is 9.80 Å². The van der Waals surface area contributed by atoms with Crippen LogP contribution in [0.15, 0.2) is 0 Å². The summed E-state index contributed by atoms with van der Waals surface area (Å²) >= 11 is 0. The van der Waals surface area contributed by atoms with Crippen molar-refractivity contribution in [1.29, 1.82) is 0 Å². The van der Waals surface area contributed by atoms with E-state index in [1.165, 1.54) is 0 Å². The van der Waals surface area contributed by atoms with Crippen molar-refractivity contribution in [3.63, 3.8) is 0 Å². The smallest absolute Gasteiger partial charge is 0.320 e. The Kier molecular flexibility index (Phi) is 3.78. The Balaban J connectivity index is 1.94. The van der Waals surface area contributed by atoms with Gasteiger partial charge in [-0.2, -0.15) is 0 Å². The number of piperidine rings is 1. The van der Waals surface area contributed by atoms with Gasteiger partial charge in [0.15, 0.2) is 0 Å². The predicted molar refractivity (Wildman–Crippen MR) is 67.3 cm³/mol. The number of hydrogen-bond donors (Lipinski definition) is 1. The molecule has 0 spiro atoms. The molecule has 2 aliphatic heterocycles. The summed E-state index contributed by atoms with van der Waals surface area (Å²) in [5, 5.41) is 8.96. The van der Waals surface area contributed by atoms with Crippen molar-refractivity contribution >= 4 is 12.0 Å². The van der Waals surface area contributed by atoms with Crippen LogP contribution in [0.25, 0.3) is 0 Å². The van der Waals surface area contributed by atoms with E-state index < -0.39 is 5.97 Å². The molecule has 3 atom stereocenters. The molecule has 102 valence electrons. The molecule has 2 saturated heterocycles. The summed E-state index contributed by atoms with van der Waals surface area (Å²) in [5.41, 5.74) is 0. The van der Waals surface area contributed by atoms with Crippen molar-refractivity contribution in [2.24, 2.45) is 11.8 Å². The van der Waals surface area contributed by atoms with E-state index in [2.05, 4.69) is 13.8 Å². The minimum absolute atomic E-state index is 0.0261. The third-order valence-electron chi connectivity index (χ3n) is 4.19. The molecule has 0 aromatic heterocycles. The number of hydrogen-bond acceptors (Lipinski definition) is 2. The molecule has 0 aromatic carbocycles. The Hall–Kier alpha value is -1.26. The first-order valence-electron chi connectivity index (χ1n) is 6.77. The summed E-state index contributed by atoms with van der Waals surface area (Å²) in [6, 6.07) is 0.295. The lowest BCUT2D eigenvalue weighted by molar-refractivity contribution is -0.141. The maximum atomic E-state index is 12.3. The summed E-state index contributed by atoms with van der Waals surface area (Å²) in [5.74, 6) is -0.493. The Morgan fingerprint density at radius 2 is 1.89 bits per heavy atom. The van der Waals surface area contributed by atoms with Crippen LogP contribution < -0.4 is 0 Å². The largest absolute Gasteiger partial charge is 0.481 e. The van der Waals surface area contributed by atoms with E-state index in [1.54, 1.807) is 4.90 Å². The van der Waals surface area contributed by atoms with Crippen molar-refractivity contribution in [3.8, 4) is 0 Å². The number of carboxylic acid groups (broad SMARTS) is 1. The summed E-state index contributed by atoms with van der Waals surface area (Å²) in [6.07, 6.45) is 2.67. The maximum Gasteiger partial charge on any atom is 0.320 e. The average molecular weight is 254 g/mol. The second-order valence-corrected chi connectivity index (χ2v) is 5.72. The summed E-state index contributed by atoms with van der Waals surface area (Å²) in [7, 11) is 0. The van der Waals surface area contributed by atoms with Crippen LogP contribution in [0.1, 0.15) is 33.1 Å². The first-order chi connectivity index (χ1) is 8.49. The lowest BCUT2D eigenvalue weighted by Crippen LogP contribution is -2.50. The lowest BCUT2D eigenvalue weighted by atomic mass is 9.94. The summed E-state index contributed by atoms with van der Waals surface area (Å²) < 4.78 is 0. The van der Waals surface area contributed by atoms with Gasteiger partial charge in [0.1, 0.15) is 0 Å². The minimum atomic E-state index is -0.786. The van der Waals surface area contributed by atoms with Gasteiger partial charge >= 0.3 is 12.0 Å². The monoisotopic (exact) mass is 254 g/mol. The number of carboxylic acids is 1. The van der Waals surface area contributed by atoms with Crippen LogP contribution in [0.4, 0.5) is 4.79 Å². The summed E-state index contributed by atoms with van der Waals surface area (Å²) in [4.78, 5) is 26.9. The number of likely N-dealkylation sites (tertiary alicyclic amines) is 2. The molecule has 0 aliphatic carbocycles. The van der Waals surface area contributed by atoms with Crippen LogP contribution in [0.2, 0.25) is 0 Å². The number of amides is 2. The van der Waals surface area contributed by atoms with Crippen LogP contribution >= 0.6 is 0 Å². The zero-order valence-corrected chi connectivity index (χ0v) is 11.1.